The summed E-state index contributed by atoms with van der Waals surface area (Å²) >= 11 is 0. The number of carbonyl (C=O) groups is 1. The van der Waals surface area contributed by atoms with Gasteiger partial charge in [-0.2, -0.15) is 18.3 Å². The number of halogens is 5. The number of piperidine rings is 3. The average molecular weight is 526 g/mol. The van der Waals surface area contributed by atoms with Crippen molar-refractivity contribution < 1.29 is 31.9 Å². The van der Waals surface area contributed by atoms with Gasteiger partial charge < -0.3 is 19.8 Å². The molecule has 0 aliphatic carbocycles. The van der Waals surface area contributed by atoms with Gasteiger partial charge in [0.25, 0.3) is 0 Å². The highest BCUT2D eigenvalue weighted by Crippen LogP contribution is 2.43. The van der Waals surface area contributed by atoms with E-state index in [1.807, 2.05) is 0 Å². The molecule has 1 aromatic heterocycles. The van der Waals surface area contributed by atoms with Crippen molar-refractivity contribution in [3.05, 3.63) is 42.1 Å². The van der Waals surface area contributed by atoms with E-state index in [1.54, 1.807) is 22.1 Å². The van der Waals surface area contributed by atoms with Crippen LogP contribution >= 0.6 is 0 Å². The molecule has 3 fully saturated rings. The number of amides is 1. The number of carbonyl (C=O) groups excluding carboxylic acids is 1. The number of anilines is 3. The van der Waals surface area contributed by atoms with Crippen molar-refractivity contribution in [1.82, 2.24) is 10.2 Å². The number of benzene rings is 1. The van der Waals surface area contributed by atoms with Gasteiger partial charge >= 0.3 is 6.18 Å². The lowest BCUT2D eigenvalue weighted by molar-refractivity contribution is -0.266. The highest BCUT2D eigenvalue weighted by Gasteiger charge is 2.54. The third-order valence-corrected chi connectivity index (χ3v) is 8.05. The summed E-state index contributed by atoms with van der Waals surface area (Å²) in [6.07, 6.45) is -0.927. The standard InChI is InChI=1S/C25H28F5N5O2/c26-19-4-3-17(14-20(19)27)35-22(36)2-1-5-23(35)6-10-33(11-7-23)18-15-21(32-31-16-18)34-12-8-24(37,9-13-34)25(28,29)30/h3-4,14-16,37H,1-2,5-13H2. The van der Waals surface area contributed by atoms with Crippen LogP contribution in [0.3, 0.4) is 0 Å². The maximum Gasteiger partial charge on any atom is 0.417 e. The van der Waals surface area contributed by atoms with E-state index in [0.29, 0.717) is 43.9 Å². The van der Waals surface area contributed by atoms with E-state index in [-0.39, 0.29) is 19.0 Å². The third-order valence-electron chi connectivity index (χ3n) is 8.05. The Morgan fingerprint density at radius 1 is 0.865 bits per heavy atom. The lowest BCUT2D eigenvalue weighted by Crippen LogP contribution is -2.60. The minimum absolute atomic E-state index is 0.00254. The molecule has 7 nitrogen and oxygen atoms in total. The Labute approximate surface area is 210 Å². The molecule has 4 heterocycles. The lowest BCUT2D eigenvalue weighted by atomic mass is 9.77. The molecule has 37 heavy (non-hydrogen) atoms. The predicted octanol–water partition coefficient (Wildman–Crippen LogP) is 4.20. The largest absolute Gasteiger partial charge is 0.417 e. The van der Waals surface area contributed by atoms with Crippen molar-refractivity contribution in [3.8, 4) is 0 Å². The van der Waals surface area contributed by atoms with E-state index in [0.717, 1.165) is 30.7 Å². The Morgan fingerprint density at radius 3 is 2.19 bits per heavy atom. The first-order chi connectivity index (χ1) is 17.5. The maximum absolute atomic E-state index is 14.0. The van der Waals surface area contributed by atoms with E-state index < -0.39 is 41.8 Å². The van der Waals surface area contributed by atoms with Gasteiger partial charge in [0.1, 0.15) is 0 Å². The molecule has 1 spiro atoms. The van der Waals surface area contributed by atoms with E-state index in [9.17, 15) is 31.9 Å². The first kappa shape index (κ1) is 25.6. The first-order valence-electron chi connectivity index (χ1n) is 12.4. The first-order valence-corrected chi connectivity index (χ1v) is 12.4. The van der Waals surface area contributed by atoms with Crippen LogP contribution < -0.4 is 14.7 Å². The summed E-state index contributed by atoms with van der Waals surface area (Å²) in [6, 6.07) is 5.33. The second-order valence-electron chi connectivity index (χ2n) is 10.2. The highest BCUT2D eigenvalue weighted by molar-refractivity contribution is 5.95. The summed E-state index contributed by atoms with van der Waals surface area (Å²) in [6.45, 7) is 1.16. The number of alkyl halides is 3. The fourth-order valence-electron chi connectivity index (χ4n) is 5.82. The summed E-state index contributed by atoms with van der Waals surface area (Å²) < 4.78 is 67.0. The zero-order chi connectivity index (χ0) is 26.4. The molecule has 1 aromatic carbocycles. The zero-order valence-corrected chi connectivity index (χ0v) is 20.1. The van der Waals surface area contributed by atoms with Gasteiger partial charge in [-0.15, -0.1) is 5.10 Å². The van der Waals surface area contributed by atoms with Gasteiger partial charge in [0, 0.05) is 63.3 Å². The van der Waals surface area contributed by atoms with Crippen molar-refractivity contribution >= 4 is 23.1 Å². The summed E-state index contributed by atoms with van der Waals surface area (Å²) in [7, 11) is 0. The second-order valence-corrected chi connectivity index (χ2v) is 10.2. The van der Waals surface area contributed by atoms with Gasteiger partial charge in [-0.05, 0) is 37.8 Å². The van der Waals surface area contributed by atoms with Crippen molar-refractivity contribution in [2.45, 2.75) is 62.3 Å². The summed E-state index contributed by atoms with van der Waals surface area (Å²) in [5, 5.41) is 18.1. The van der Waals surface area contributed by atoms with E-state index in [1.165, 1.54) is 6.07 Å². The number of aliphatic hydroxyl groups is 1. The van der Waals surface area contributed by atoms with Crippen LogP contribution in [0.1, 0.15) is 44.9 Å². The van der Waals surface area contributed by atoms with Crippen LogP contribution in [-0.4, -0.2) is 64.7 Å². The molecule has 2 aromatic rings. The fraction of sp³-hybridized carbons (Fsp3) is 0.560. The molecule has 1 N–H and O–H groups in total. The summed E-state index contributed by atoms with van der Waals surface area (Å²) in [5.74, 6) is -1.62. The van der Waals surface area contributed by atoms with Crippen LogP contribution in [-0.2, 0) is 4.79 Å². The van der Waals surface area contributed by atoms with Gasteiger partial charge in [0.05, 0.1) is 17.4 Å². The minimum Gasteiger partial charge on any atom is -0.380 e. The smallest absolute Gasteiger partial charge is 0.380 e. The molecule has 0 unspecified atom stereocenters. The average Bonchev–Trinajstić information content (AvgIpc) is 2.86. The minimum atomic E-state index is -4.68. The molecule has 12 heteroatoms. The van der Waals surface area contributed by atoms with Crippen molar-refractivity contribution in [2.75, 3.05) is 40.9 Å². The Kier molecular flexibility index (Phi) is 6.49. The van der Waals surface area contributed by atoms with Crippen LogP contribution in [0.4, 0.5) is 39.1 Å². The number of nitrogens with zero attached hydrogens (tertiary/aromatic N) is 5. The van der Waals surface area contributed by atoms with Gasteiger partial charge in [-0.3, -0.25) is 4.79 Å². The predicted molar refractivity (Wildman–Crippen MR) is 126 cm³/mol. The zero-order valence-electron chi connectivity index (χ0n) is 20.1. The van der Waals surface area contributed by atoms with Gasteiger partial charge in [-0.1, -0.05) is 0 Å². The Bertz CT molecular complexity index is 1160. The molecule has 5 rings (SSSR count). The molecule has 0 saturated carbocycles. The van der Waals surface area contributed by atoms with Crippen LogP contribution in [0.15, 0.2) is 30.5 Å². The van der Waals surface area contributed by atoms with E-state index >= 15 is 0 Å². The second kappa shape index (κ2) is 9.38. The van der Waals surface area contributed by atoms with Crippen molar-refractivity contribution in [2.24, 2.45) is 0 Å². The molecule has 1 amide bonds. The molecule has 3 aliphatic rings. The van der Waals surface area contributed by atoms with Crippen LogP contribution in [0.5, 0.6) is 0 Å². The Hall–Kier alpha value is -3.02. The normalized spacial score (nSPS) is 22.0. The fourth-order valence-corrected chi connectivity index (χ4v) is 5.82. The van der Waals surface area contributed by atoms with Gasteiger partial charge in [0.15, 0.2) is 23.1 Å². The van der Waals surface area contributed by atoms with Gasteiger partial charge in [-0.25, -0.2) is 8.78 Å². The molecule has 0 bridgehead atoms. The molecular weight excluding hydrogens is 497 g/mol. The number of aromatic nitrogens is 2. The molecule has 200 valence electrons. The van der Waals surface area contributed by atoms with E-state index in [2.05, 4.69) is 15.1 Å². The summed E-state index contributed by atoms with van der Waals surface area (Å²) in [4.78, 5) is 18.3. The highest BCUT2D eigenvalue weighted by atomic mass is 19.4. The molecule has 0 atom stereocenters. The number of rotatable bonds is 3. The van der Waals surface area contributed by atoms with Crippen molar-refractivity contribution in [3.63, 3.8) is 0 Å². The van der Waals surface area contributed by atoms with Crippen LogP contribution in [0.25, 0.3) is 0 Å². The maximum atomic E-state index is 14.0. The number of hydrogen-bond donors (Lipinski definition) is 1. The molecule has 3 aliphatic heterocycles. The van der Waals surface area contributed by atoms with Gasteiger partial charge in [0.2, 0.25) is 5.91 Å². The molecular formula is C25H28F5N5O2. The van der Waals surface area contributed by atoms with Crippen molar-refractivity contribution in [1.29, 1.82) is 0 Å². The number of hydrogen-bond acceptors (Lipinski definition) is 6. The SMILES string of the molecule is O=C1CCCC2(CCN(c3cnnc(N4CCC(O)(C(F)(F)F)CC4)c3)CC2)N1c1ccc(F)c(F)c1. The monoisotopic (exact) mass is 525 g/mol. The van der Waals surface area contributed by atoms with Crippen LogP contribution in [0.2, 0.25) is 0 Å². The Morgan fingerprint density at radius 2 is 1.54 bits per heavy atom. The van der Waals surface area contributed by atoms with E-state index in [4.69, 9.17) is 0 Å². The van der Waals surface area contributed by atoms with Crippen LogP contribution in [0, 0.1) is 11.6 Å². The quantitative estimate of drug-likeness (QED) is 0.606. The molecule has 0 radical (unpaired) electrons. The summed E-state index contributed by atoms with van der Waals surface area (Å²) in [5.41, 5.74) is -2.08. The third kappa shape index (κ3) is 4.71. The molecule has 3 saturated heterocycles. The Balaban J connectivity index is 1.30. The topological polar surface area (TPSA) is 72.8 Å². The lowest BCUT2D eigenvalue weighted by Gasteiger charge is -2.51.